The second-order valence-corrected chi connectivity index (χ2v) is 10.9. The molecule has 3 aliphatic rings. The van der Waals surface area contributed by atoms with Crippen molar-refractivity contribution in [1.82, 2.24) is 5.32 Å². The first-order chi connectivity index (χ1) is 18.6. The topological polar surface area (TPSA) is 55.1 Å². The first kappa shape index (κ1) is 30.0. The molecule has 0 aromatic heterocycles. The van der Waals surface area contributed by atoms with Crippen LogP contribution in [0.5, 0.6) is 0 Å². The number of nitrogens with two attached hydrogens (primary N) is 1. The number of nitrogens with one attached hydrogen (secondary N) is 1. The zero-order chi connectivity index (χ0) is 29.6. The van der Waals surface area contributed by atoms with Crippen LogP contribution in [0.25, 0.3) is 0 Å². The summed E-state index contributed by atoms with van der Waals surface area (Å²) in [4.78, 5) is 11.0. The van der Waals surface area contributed by atoms with Gasteiger partial charge in [0.15, 0.2) is 11.6 Å². The quantitative estimate of drug-likeness (QED) is 0.264. The van der Waals surface area contributed by atoms with E-state index in [-0.39, 0.29) is 24.1 Å². The van der Waals surface area contributed by atoms with E-state index in [1.807, 2.05) is 0 Å². The summed E-state index contributed by atoms with van der Waals surface area (Å²) in [5.74, 6) is -4.22. The molecule has 2 amide bonds. The van der Waals surface area contributed by atoms with Crippen LogP contribution in [0, 0.1) is 23.0 Å². The number of hydrogen-bond acceptors (Lipinski definition) is 1. The lowest BCUT2D eigenvalue weighted by Crippen LogP contribution is -2.60. The number of carbonyl (C=O) groups is 1. The molecule has 12 heteroatoms. The average molecular weight is 581 g/mol. The number of benzene rings is 1. The van der Waals surface area contributed by atoms with E-state index < -0.39 is 77.3 Å². The van der Waals surface area contributed by atoms with Crippen molar-refractivity contribution in [2.75, 3.05) is 6.54 Å². The largest absolute Gasteiger partial charge is 0.402 e. The Labute approximate surface area is 225 Å². The van der Waals surface area contributed by atoms with Crippen LogP contribution in [-0.4, -0.2) is 30.6 Å². The summed E-state index contributed by atoms with van der Waals surface area (Å²) in [5.41, 5.74) is -7.12. The van der Waals surface area contributed by atoms with Crippen LogP contribution in [0.1, 0.15) is 56.1 Å². The zero-order valence-electron chi connectivity index (χ0n) is 21.4. The number of primary amides is 1. The number of halogens is 9. The first-order valence-corrected chi connectivity index (χ1v) is 13.0. The normalized spacial score (nSPS) is 29.5. The molecule has 1 fully saturated rings. The molecular formula is C28H29F9N2O. The summed E-state index contributed by atoms with van der Waals surface area (Å²) < 4.78 is 137. The zero-order valence-corrected chi connectivity index (χ0v) is 21.4. The van der Waals surface area contributed by atoms with Crippen LogP contribution in [-0.2, 0) is 11.8 Å². The molecule has 0 aliphatic heterocycles. The molecule has 1 saturated carbocycles. The SMILES string of the molecule is NC(=O)NCCc1cc(F)c(F)c(C2(C(F)(F)F)C=C(C3CCCC3)CC(F)(C3(C(F)(F)F)C=CC=CC3)C2)c1. The fourth-order valence-corrected chi connectivity index (χ4v) is 6.49. The fourth-order valence-electron chi connectivity index (χ4n) is 6.49. The van der Waals surface area contributed by atoms with Crippen LogP contribution < -0.4 is 11.1 Å². The van der Waals surface area contributed by atoms with Gasteiger partial charge in [0, 0.05) is 24.9 Å². The molecule has 0 saturated heterocycles. The molecule has 0 bridgehead atoms. The Kier molecular flexibility index (Phi) is 7.87. The summed E-state index contributed by atoms with van der Waals surface area (Å²) in [6, 6.07) is 0.366. The Morgan fingerprint density at radius 3 is 2.25 bits per heavy atom. The van der Waals surface area contributed by atoms with E-state index in [1.165, 1.54) is 6.08 Å². The van der Waals surface area contributed by atoms with Gasteiger partial charge in [0.05, 0.1) is 0 Å². The molecule has 40 heavy (non-hydrogen) atoms. The highest BCUT2D eigenvalue weighted by atomic mass is 19.4. The summed E-state index contributed by atoms with van der Waals surface area (Å²) in [5, 5.41) is 2.18. The third-order valence-electron chi connectivity index (χ3n) is 8.52. The van der Waals surface area contributed by atoms with Crippen molar-refractivity contribution in [3.63, 3.8) is 0 Å². The van der Waals surface area contributed by atoms with Crippen molar-refractivity contribution in [2.45, 2.75) is 74.8 Å². The Bertz CT molecular complexity index is 1230. The van der Waals surface area contributed by atoms with Crippen LogP contribution in [0.3, 0.4) is 0 Å². The maximum absolute atomic E-state index is 17.2. The molecule has 3 aliphatic carbocycles. The summed E-state index contributed by atoms with van der Waals surface area (Å²) >= 11 is 0. The molecule has 0 spiro atoms. The number of hydrogen-bond donors (Lipinski definition) is 2. The van der Waals surface area contributed by atoms with Crippen molar-refractivity contribution in [3.05, 3.63) is 70.8 Å². The minimum atomic E-state index is -5.49. The van der Waals surface area contributed by atoms with Gasteiger partial charge in [-0.15, -0.1) is 0 Å². The Morgan fingerprint density at radius 2 is 1.70 bits per heavy atom. The molecule has 0 radical (unpaired) electrons. The molecule has 3 N–H and O–H groups in total. The Hall–Kier alpha value is -2.92. The van der Waals surface area contributed by atoms with E-state index in [0.29, 0.717) is 50.0 Å². The Balaban J connectivity index is 1.97. The van der Waals surface area contributed by atoms with Crippen molar-refractivity contribution in [2.24, 2.45) is 17.1 Å². The van der Waals surface area contributed by atoms with E-state index in [0.717, 1.165) is 12.2 Å². The van der Waals surface area contributed by atoms with Gasteiger partial charge in [0.25, 0.3) is 0 Å². The number of carbonyl (C=O) groups excluding carboxylic acids is 1. The third-order valence-corrected chi connectivity index (χ3v) is 8.52. The lowest BCUT2D eigenvalue weighted by Gasteiger charge is -2.52. The number of rotatable bonds is 6. The predicted molar refractivity (Wildman–Crippen MR) is 130 cm³/mol. The molecule has 0 heterocycles. The van der Waals surface area contributed by atoms with Gasteiger partial charge in [-0.3, -0.25) is 0 Å². The van der Waals surface area contributed by atoms with Crippen molar-refractivity contribution >= 4 is 6.03 Å². The molecule has 3 atom stereocenters. The number of amides is 2. The monoisotopic (exact) mass is 580 g/mol. The maximum Gasteiger partial charge on any atom is 0.402 e. The number of allylic oxidation sites excluding steroid dienone is 6. The van der Waals surface area contributed by atoms with Gasteiger partial charge in [-0.2, -0.15) is 26.3 Å². The predicted octanol–water partition coefficient (Wildman–Crippen LogP) is 7.66. The first-order valence-electron chi connectivity index (χ1n) is 13.0. The highest BCUT2D eigenvalue weighted by Gasteiger charge is 2.72. The van der Waals surface area contributed by atoms with Gasteiger partial charge in [-0.05, 0) is 43.2 Å². The highest BCUT2D eigenvalue weighted by Crippen LogP contribution is 2.64. The van der Waals surface area contributed by atoms with Crippen LogP contribution in [0.4, 0.5) is 44.3 Å². The summed E-state index contributed by atoms with van der Waals surface area (Å²) in [7, 11) is 0. The fraction of sp³-hybridized carbons (Fsp3) is 0.536. The minimum Gasteiger partial charge on any atom is -0.352 e. The van der Waals surface area contributed by atoms with Crippen LogP contribution >= 0.6 is 0 Å². The number of alkyl halides is 7. The lowest BCUT2D eigenvalue weighted by molar-refractivity contribution is -0.263. The number of urea groups is 1. The third kappa shape index (κ3) is 5.13. The lowest BCUT2D eigenvalue weighted by atomic mass is 9.55. The average Bonchev–Trinajstić information content (AvgIpc) is 3.40. The maximum atomic E-state index is 17.2. The van der Waals surface area contributed by atoms with E-state index in [1.54, 1.807) is 0 Å². The molecule has 3 nitrogen and oxygen atoms in total. The van der Waals surface area contributed by atoms with E-state index in [4.69, 9.17) is 5.73 Å². The van der Waals surface area contributed by atoms with Crippen molar-refractivity contribution in [1.29, 1.82) is 0 Å². The summed E-state index contributed by atoms with van der Waals surface area (Å²) in [6.45, 7) is -0.233. The Morgan fingerprint density at radius 1 is 1.02 bits per heavy atom. The molecule has 3 unspecified atom stereocenters. The highest BCUT2D eigenvalue weighted by molar-refractivity contribution is 5.71. The minimum absolute atomic E-state index is 0.171. The van der Waals surface area contributed by atoms with Crippen molar-refractivity contribution in [3.8, 4) is 0 Å². The van der Waals surface area contributed by atoms with Gasteiger partial charge < -0.3 is 11.1 Å². The smallest absolute Gasteiger partial charge is 0.352 e. The second kappa shape index (κ2) is 10.5. The van der Waals surface area contributed by atoms with Crippen LogP contribution in [0.15, 0.2) is 48.1 Å². The van der Waals surface area contributed by atoms with Gasteiger partial charge >= 0.3 is 18.4 Å². The van der Waals surface area contributed by atoms with Gasteiger partial charge in [-0.25, -0.2) is 18.0 Å². The van der Waals surface area contributed by atoms with Crippen LogP contribution in [0.2, 0.25) is 0 Å². The molecule has 220 valence electrons. The standard InChI is InChI=1S/C28H29F9N2O/c29-21-13-17(8-11-39-23(38)40)12-20(22(21)30)24(27(32,33)34)14-19(18-6-2-3-7-18)15-26(31,16-24)25(28(35,36)37)9-4-1-5-10-25/h1,4-5,9,12-14,18H,2-3,6-8,10-11,15-16H2,(H3,38,39,40). The molecule has 1 aromatic carbocycles. The van der Waals surface area contributed by atoms with Crippen molar-refractivity contribution < 1.29 is 44.3 Å². The molecule has 1 aromatic rings. The summed E-state index contributed by atoms with van der Waals surface area (Å²) in [6.07, 6.45) is -8.36. The molecular weight excluding hydrogens is 551 g/mol. The van der Waals surface area contributed by atoms with E-state index >= 15 is 22.0 Å². The second-order valence-electron chi connectivity index (χ2n) is 10.9. The van der Waals surface area contributed by atoms with E-state index in [9.17, 15) is 22.4 Å². The van der Waals surface area contributed by atoms with Gasteiger partial charge in [0.2, 0.25) is 0 Å². The van der Waals surface area contributed by atoms with Gasteiger partial charge in [-0.1, -0.05) is 54.9 Å². The van der Waals surface area contributed by atoms with Gasteiger partial charge in [0.1, 0.15) is 16.5 Å². The van der Waals surface area contributed by atoms with E-state index in [2.05, 4.69) is 5.32 Å². The molecule has 4 rings (SSSR count).